The average molecular weight is 282 g/mol. The van der Waals surface area contributed by atoms with Crippen LogP contribution in [0.3, 0.4) is 0 Å². The fourth-order valence-corrected chi connectivity index (χ4v) is 2.48. The van der Waals surface area contributed by atoms with E-state index in [1.807, 2.05) is 24.3 Å². The molecule has 0 fully saturated rings. The van der Waals surface area contributed by atoms with Gasteiger partial charge in [-0.05, 0) is 47.5 Å². The number of hydrogen-bond acceptors (Lipinski definition) is 3. The Morgan fingerprint density at radius 2 is 2.06 bits per heavy atom. The molecule has 0 aliphatic rings. The van der Waals surface area contributed by atoms with E-state index in [-0.39, 0.29) is 0 Å². The molecule has 0 radical (unpaired) electrons. The topological polar surface area (TPSA) is 21.3 Å². The van der Waals surface area contributed by atoms with E-state index in [1.54, 1.807) is 11.3 Å². The summed E-state index contributed by atoms with van der Waals surface area (Å²) in [6, 6.07) is 9.70. The van der Waals surface area contributed by atoms with Gasteiger partial charge in [0.25, 0.3) is 0 Å². The molecular weight excluding hydrogens is 266 g/mol. The molecule has 1 heterocycles. The number of halogens is 1. The van der Waals surface area contributed by atoms with Crippen molar-refractivity contribution in [1.29, 1.82) is 0 Å². The third kappa shape index (κ3) is 4.33. The van der Waals surface area contributed by atoms with E-state index in [1.165, 1.54) is 5.56 Å². The van der Waals surface area contributed by atoms with E-state index in [2.05, 4.69) is 22.1 Å². The van der Waals surface area contributed by atoms with Crippen molar-refractivity contribution in [2.45, 2.75) is 6.42 Å². The molecule has 2 nitrogen and oxygen atoms in total. The maximum absolute atomic E-state index is 5.99. The summed E-state index contributed by atoms with van der Waals surface area (Å²) < 4.78 is 5.58. The Balaban J connectivity index is 1.58. The molecule has 0 aliphatic carbocycles. The van der Waals surface area contributed by atoms with Crippen molar-refractivity contribution in [1.82, 2.24) is 5.32 Å². The van der Waals surface area contributed by atoms with Crippen LogP contribution in [0.4, 0.5) is 0 Å². The Labute approximate surface area is 117 Å². The Morgan fingerprint density at radius 3 is 2.83 bits per heavy atom. The molecule has 1 aromatic carbocycles. The fraction of sp³-hybridized carbons (Fsp3) is 0.286. The zero-order chi connectivity index (χ0) is 12.6. The smallest absolute Gasteiger partial charge is 0.137 e. The van der Waals surface area contributed by atoms with Crippen molar-refractivity contribution in [3.63, 3.8) is 0 Å². The van der Waals surface area contributed by atoms with E-state index < -0.39 is 0 Å². The van der Waals surface area contributed by atoms with Gasteiger partial charge in [-0.2, -0.15) is 11.3 Å². The Kier molecular flexibility index (Phi) is 5.52. The van der Waals surface area contributed by atoms with Crippen molar-refractivity contribution >= 4 is 22.9 Å². The zero-order valence-electron chi connectivity index (χ0n) is 10.1. The van der Waals surface area contributed by atoms with E-state index in [9.17, 15) is 0 Å². The van der Waals surface area contributed by atoms with Crippen LogP contribution in [-0.2, 0) is 6.42 Å². The van der Waals surface area contributed by atoms with Gasteiger partial charge in [-0.1, -0.05) is 23.7 Å². The van der Waals surface area contributed by atoms with Crippen molar-refractivity contribution in [3.05, 3.63) is 51.7 Å². The number of ether oxygens (including phenoxy) is 1. The highest BCUT2D eigenvalue weighted by Gasteiger charge is 1.98. The fourth-order valence-electron chi connectivity index (χ4n) is 1.59. The minimum absolute atomic E-state index is 0.632. The van der Waals surface area contributed by atoms with Gasteiger partial charge in [-0.25, -0.2) is 0 Å². The minimum atomic E-state index is 0.632. The molecular formula is C14H16ClNOS. The molecule has 0 atom stereocenters. The van der Waals surface area contributed by atoms with Gasteiger partial charge in [0.1, 0.15) is 12.4 Å². The van der Waals surface area contributed by atoms with E-state index in [4.69, 9.17) is 16.3 Å². The maximum Gasteiger partial charge on any atom is 0.137 e. The molecule has 0 saturated heterocycles. The van der Waals surface area contributed by atoms with Gasteiger partial charge < -0.3 is 10.1 Å². The van der Waals surface area contributed by atoms with E-state index >= 15 is 0 Å². The van der Waals surface area contributed by atoms with Gasteiger partial charge in [0.15, 0.2) is 0 Å². The quantitative estimate of drug-likeness (QED) is 0.783. The van der Waals surface area contributed by atoms with Crippen LogP contribution in [0.2, 0.25) is 5.02 Å². The highest BCUT2D eigenvalue weighted by Crippen LogP contribution is 2.22. The summed E-state index contributed by atoms with van der Waals surface area (Å²) >= 11 is 7.73. The van der Waals surface area contributed by atoms with Crippen molar-refractivity contribution in [3.8, 4) is 5.75 Å². The van der Waals surface area contributed by atoms with Gasteiger partial charge in [-0.3, -0.25) is 0 Å². The third-order valence-electron chi connectivity index (χ3n) is 2.54. The lowest BCUT2D eigenvalue weighted by Gasteiger charge is -2.08. The highest BCUT2D eigenvalue weighted by atomic mass is 35.5. The Hall–Kier alpha value is -1.03. The van der Waals surface area contributed by atoms with Crippen LogP contribution in [0.5, 0.6) is 5.75 Å². The summed E-state index contributed by atoms with van der Waals surface area (Å²) in [7, 11) is 0. The maximum atomic E-state index is 5.99. The molecule has 0 aliphatic heterocycles. The zero-order valence-corrected chi connectivity index (χ0v) is 11.6. The lowest BCUT2D eigenvalue weighted by Crippen LogP contribution is -2.23. The van der Waals surface area contributed by atoms with Crippen LogP contribution in [-0.4, -0.2) is 19.7 Å². The van der Waals surface area contributed by atoms with Crippen LogP contribution in [0, 0.1) is 0 Å². The predicted molar refractivity (Wildman–Crippen MR) is 77.8 cm³/mol. The van der Waals surface area contributed by atoms with Crippen LogP contribution >= 0.6 is 22.9 Å². The summed E-state index contributed by atoms with van der Waals surface area (Å²) in [5.74, 6) is 0.749. The molecule has 2 aromatic rings. The van der Waals surface area contributed by atoms with Gasteiger partial charge in [0.2, 0.25) is 0 Å². The molecule has 0 amide bonds. The number of para-hydroxylation sites is 1. The molecule has 0 spiro atoms. The summed E-state index contributed by atoms with van der Waals surface area (Å²) in [5.41, 5.74) is 1.39. The first-order valence-electron chi connectivity index (χ1n) is 5.95. The molecule has 1 N–H and O–H groups in total. The first-order chi connectivity index (χ1) is 8.86. The third-order valence-corrected chi connectivity index (χ3v) is 3.59. The largest absolute Gasteiger partial charge is 0.491 e. The second-order valence-corrected chi connectivity index (χ2v) is 5.10. The van der Waals surface area contributed by atoms with Crippen LogP contribution in [0.15, 0.2) is 41.1 Å². The number of thiophene rings is 1. The number of nitrogens with one attached hydrogen (secondary N) is 1. The standard InChI is InChI=1S/C14H16ClNOS/c15-13-3-1-2-4-14(13)17-9-8-16-7-5-12-6-10-18-11-12/h1-4,6,10-11,16H,5,7-9H2. The molecule has 4 heteroatoms. The monoisotopic (exact) mass is 281 g/mol. The van der Waals surface area contributed by atoms with E-state index in [0.717, 1.165) is 25.3 Å². The van der Waals surface area contributed by atoms with Gasteiger partial charge in [0, 0.05) is 6.54 Å². The van der Waals surface area contributed by atoms with Crippen LogP contribution < -0.4 is 10.1 Å². The molecule has 18 heavy (non-hydrogen) atoms. The van der Waals surface area contributed by atoms with Crippen molar-refractivity contribution < 1.29 is 4.74 Å². The summed E-state index contributed by atoms with van der Waals surface area (Å²) in [5, 5.41) is 8.30. The van der Waals surface area contributed by atoms with Gasteiger partial charge in [0.05, 0.1) is 5.02 Å². The van der Waals surface area contributed by atoms with Crippen LogP contribution in [0.1, 0.15) is 5.56 Å². The minimum Gasteiger partial charge on any atom is -0.491 e. The second-order valence-electron chi connectivity index (χ2n) is 3.91. The summed E-state index contributed by atoms with van der Waals surface area (Å²) in [4.78, 5) is 0. The molecule has 0 saturated carbocycles. The SMILES string of the molecule is Clc1ccccc1OCCNCCc1ccsc1. The van der Waals surface area contributed by atoms with Crippen LogP contribution in [0.25, 0.3) is 0 Å². The van der Waals surface area contributed by atoms with Gasteiger partial charge >= 0.3 is 0 Å². The molecule has 0 unspecified atom stereocenters. The lowest BCUT2D eigenvalue weighted by atomic mass is 10.2. The summed E-state index contributed by atoms with van der Waals surface area (Å²) in [6.45, 7) is 2.44. The van der Waals surface area contributed by atoms with Crippen molar-refractivity contribution in [2.24, 2.45) is 0 Å². The number of hydrogen-bond donors (Lipinski definition) is 1. The average Bonchev–Trinajstić information content (AvgIpc) is 2.89. The van der Waals surface area contributed by atoms with E-state index in [0.29, 0.717) is 11.6 Å². The summed E-state index contributed by atoms with van der Waals surface area (Å²) in [6.07, 6.45) is 1.07. The lowest BCUT2D eigenvalue weighted by molar-refractivity contribution is 0.314. The first kappa shape index (κ1) is 13.4. The molecule has 0 bridgehead atoms. The Bertz CT molecular complexity index is 459. The second kappa shape index (κ2) is 7.41. The first-order valence-corrected chi connectivity index (χ1v) is 7.27. The molecule has 96 valence electrons. The predicted octanol–water partition coefficient (Wildman–Crippen LogP) is 3.61. The number of rotatable bonds is 7. The van der Waals surface area contributed by atoms with Gasteiger partial charge in [-0.15, -0.1) is 0 Å². The molecule has 1 aromatic heterocycles. The highest BCUT2D eigenvalue weighted by molar-refractivity contribution is 7.07. The molecule has 2 rings (SSSR count). The normalized spacial score (nSPS) is 10.5. The number of benzene rings is 1. The Morgan fingerprint density at radius 1 is 1.17 bits per heavy atom. The van der Waals surface area contributed by atoms with Crippen molar-refractivity contribution in [2.75, 3.05) is 19.7 Å².